The zero-order chi connectivity index (χ0) is 13.0. The first kappa shape index (κ1) is 12.6. The van der Waals surface area contributed by atoms with Gasteiger partial charge in [-0.05, 0) is 30.3 Å². The number of aromatic nitrogens is 2. The number of hydrogen-bond acceptors (Lipinski definition) is 3. The Balaban J connectivity index is 2.41. The predicted octanol–water partition coefficient (Wildman–Crippen LogP) is 2.45. The van der Waals surface area contributed by atoms with Crippen molar-refractivity contribution >= 4 is 0 Å². The maximum absolute atomic E-state index is 13.2. The van der Waals surface area contributed by atoms with Gasteiger partial charge in [-0.3, -0.25) is 0 Å². The molecular formula is C13H13F2N3. The van der Waals surface area contributed by atoms with Crippen LogP contribution in [0.15, 0.2) is 36.7 Å². The lowest BCUT2D eigenvalue weighted by Gasteiger charge is -2.16. The van der Waals surface area contributed by atoms with Gasteiger partial charge in [0.05, 0.1) is 6.04 Å². The average Bonchev–Trinajstić information content (AvgIpc) is 2.36. The van der Waals surface area contributed by atoms with Gasteiger partial charge in [-0.15, -0.1) is 0 Å². The van der Waals surface area contributed by atoms with E-state index in [9.17, 15) is 8.78 Å². The molecule has 0 saturated carbocycles. The Morgan fingerprint density at radius 3 is 2.28 bits per heavy atom. The average molecular weight is 249 g/mol. The molecule has 0 saturated heterocycles. The summed E-state index contributed by atoms with van der Waals surface area (Å²) in [5.41, 5.74) is 0.473. The van der Waals surface area contributed by atoms with Crippen LogP contribution in [-0.2, 0) is 0 Å². The van der Waals surface area contributed by atoms with E-state index in [0.29, 0.717) is 17.9 Å². The summed E-state index contributed by atoms with van der Waals surface area (Å²) in [6.45, 7) is 2.55. The highest BCUT2D eigenvalue weighted by molar-refractivity contribution is 5.26. The lowest BCUT2D eigenvalue weighted by atomic mass is 10.1. The summed E-state index contributed by atoms with van der Waals surface area (Å²) < 4.78 is 26.5. The summed E-state index contributed by atoms with van der Waals surface area (Å²) >= 11 is 0. The number of hydrogen-bond donors (Lipinski definition) is 1. The molecule has 0 radical (unpaired) electrons. The van der Waals surface area contributed by atoms with Gasteiger partial charge in [0.1, 0.15) is 17.5 Å². The Hall–Kier alpha value is -1.88. The van der Waals surface area contributed by atoms with Crippen molar-refractivity contribution in [2.45, 2.75) is 13.0 Å². The molecular weight excluding hydrogens is 236 g/mol. The van der Waals surface area contributed by atoms with E-state index in [2.05, 4.69) is 15.3 Å². The molecule has 0 aliphatic heterocycles. The topological polar surface area (TPSA) is 37.8 Å². The molecule has 0 aliphatic rings. The summed E-state index contributed by atoms with van der Waals surface area (Å²) in [6.07, 6.45) is 3.20. The van der Waals surface area contributed by atoms with E-state index < -0.39 is 17.7 Å². The number of rotatable bonds is 4. The highest BCUT2D eigenvalue weighted by atomic mass is 19.1. The maximum atomic E-state index is 13.2. The quantitative estimate of drug-likeness (QED) is 0.904. The molecule has 1 unspecified atom stereocenters. The third-order valence-electron chi connectivity index (χ3n) is 2.47. The van der Waals surface area contributed by atoms with E-state index in [-0.39, 0.29) is 0 Å². The van der Waals surface area contributed by atoms with Gasteiger partial charge in [0.15, 0.2) is 0 Å². The van der Waals surface area contributed by atoms with E-state index in [1.165, 1.54) is 12.1 Å². The number of halogens is 2. The van der Waals surface area contributed by atoms with Crippen molar-refractivity contribution in [3.8, 4) is 0 Å². The van der Waals surface area contributed by atoms with Gasteiger partial charge in [-0.1, -0.05) is 6.92 Å². The van der Waals surface area contributed by atoms with Gasteiger partial charge in [0.25, 0.3) is 0 Å². The minimum absolute atomic E-state index is 0.415. The largest absolute Gasteiger partial charge is 0.304 e. The molecule has 0 fully saturated rings. The zero-order valence-electron chi connectivity index (χ0n) is 9.90. The van der Waals surface area contributed by atoms with Gasteiger partial charge in [0.2, 0.25) is 0 Å². The van der Waals surface area contributed by atoms with E-state index in [4.69, 9.17) is 0 Å². The van der Waals surface area contributed by atoms with E-state index >= 15 is 0 Å². The highest BCUT2D eigenvalue weighted by Gasteiger charge is 2.17. The molecule has 1 aromatic heterocycles. The van der Waals surface area contributed by atoms with Crippen LogP contribution in [0.4, 0.5) is 8.78 Å². The van der Waals surface area contributed by atoms with Crippen molar-refractivity contribution in [3.05, 3.63) is 59.7 Å². The highest BCUT2D eigenvalue weighted by Crippen LogP contribution is 2.20. The van der Waals surface area contributed by atoms with Crippen molar-refractivity contribution in [1.29, 1.82) is 0 Å². The fourth-order valence-electron chi connectivity index (χ4n) is 1.76. The van der Waals surface area contributed by atoms with E-state index in [1.54, 1.807) is 18.5 Å². The second-order valence-corrected chi connectivity index (χ2v) is 3.80. The summed E-state index contributed by atoms with van der Waals surface area (Å²) in [7, 11) is 0. The molecule has 0 amide bonds. The summed E-state index contributed by atoms with van der Waals surface area (Å²) in [6, 6.07) is 4.69. The molecule has 3 nitrogen and oxygen atoms in total. The molecule has 5 heteroatoms. The monoisotopic (exact) mass is 249 g/mol. The number of benzene rings is 1. The molecule has 2 aromatic rings. The predicted molar refractivity (Wildman–Crippen MR) is 63.9 cm³/mol. The second-order valence-electron chi connectivity index (χ2n) is 3.80. The Bertz CT molecular complexity index is 497. The fourth-order valence-corrected chi connectivity index (χ4v) is 1.76. The molecule has 94 valence electrons. The molecule has 1 N–H and O–H groups in total. The Morgan fingerprint density at radius 2 is 1.72 bits per heavy atom. The van der Waals surface area contributed by atoms with Crippen LogP contribution >= 0.6 is 0 Å². The molecule has 0 spiro atoms. The maximum Gasteiger partial charge on any atom is 0.149 e. The van der Waals surface area contributed by atoms with Crippen LogP contribution in [0.2, 0.25) is 0 Å². The Kier molecular flexibility index (Phi) is 3.94. The molecule has 0 bridgehead atoms. The van der Waals surface area contributed by atoms with Crippen LogP contribution in [0.25, 0.3) is 0 Å². The normalized spacial score (nSPS) is 12.4. The van der Waals surface area contributed by atoms with Crippen molar-refractivity contribution in [3.63, 3.8) is 0 Å². The van der Waals surface area contributed by atoms with Gasteiger partial charge in [0, 0.05) is 18.5 Å². The molecule has 1 heterocycles. The van der Waals surface area contributed by atoms with E-state index in [0.717, 1.165) is 6.07 Å². The Morgan fingerprint density at radius 1 is 1.11 bits per heavy atom. The minimum atomic E-state index is -0.608. The first-order valence-electron chi connectivity index (χ1n) is 5.67. The van der Waals surface area contributed by atoms with E-state index in [1.807, 2.05) is 6.92 Å². The van der Waals surface area contributed by atoms with Crippen molar-refractivity contribution in [2.75, 3.05) is 6.54 Å². The first-order chi connectivity index (χ1) is 8.70. The van der Waals surface area contributed by atoms with Crippen LogP contribution in [0.1, 0.15) is 24.4 Å². The van der Waals surface area contributed by atoms with Crippen molar-refractivity contribution in [1.82, 2.24) is 15.3 Å². The zero-order valence-corrected chi connectivity index (χ0v) is 9.90. The molecule has 18 heavy (non-hydrogen) atoms. The smallest absolute Gasteiger partial charge is 0.149 e. The van der Waals surface area contributed by atoms with Gasteiger partial charge in [-0.25, -0.2) is 18.7 Å². The van der Waals surface area contributed by atoms with Crippen LogP contribution < -0.4 is 5.32 Å². The van der Waals surface area contributed by atoms with Crippen LogP contribution in [0.3, 0.4) is 0 Å². The minimum Gasteiger partial charge on any atom is -0.304 e. The van der Waals surface area contributed by atoms with Crippen molar-refractivity contribution in [2.24, 2.45) is 0 Å². The van der Waals surface area contributed by atoms with Crippen LogP contribution in [0.5, 0.6) is 0 Å². The SMILES string of the molecule is CCNC(c1cc(F)cc(F)c1)c1ncccn1. The first-order valence-corrected chi connectivity index (χ1v) is 5.67. The summed E-state index contributed by atoms with van der Waals surface area (Å²) in [5, 5.41) is 3.11. The lowest BCUT2D eigenvalue weighted by Crippen LogP contribution is -2.24. The Labute approximate surface area is 104 Å². The summed E-state index contributed by atoms with van der Waals surface area (Å²) in [4.78, 5) is 8.23. The fraction of sp³-hybridized carbons (Fsp3) is 0.231. The third-order valence-corrected chi connectivity index (χ3v) is 2.47. The second kappa shape index (κ2) is 5.64. The van der Waals surface area contributed by atoms with Crippen LogP contribution in [-0.4, -0.2) is 16.5 Å². The van der Waals surface area contributed by atoms with Crippen molar-refractivity contribution < 1.29 is 8.78 Å². The van der Waals surface area contributed by atoms with Gasteiger partial charge < -0.3 is 5.32 Å². The summed E-state index contributed by atoms with van der Waals surface area (Å²) in [5.74, 6) is -0.725. The van der Waals surface area contributed by atoms with Crippen LogP contribution in [0, 0.1) is 11.6 Å². The standard InChI is InChI=1S/C13H13F2N3/c1-2-16-12(13-17-4-3-5-18-13)9-6-10(14)8-11(15)7-9/h3-8,12,16H,2H2,1H3. The van der Waals surface area contributed by atoms with Gasteiger partial charge in [-0.2, -0.15) is 0 Å². The molecule has 0 aliphatic carbocycles. The number of nitrogens with one attached hydrogen (secondary N) is 1. The molecule has 2 rings (SSSR count). The van der Waals surface area contributed by atoms with Gasteiger partial charge >= 0.3 is 0 Å². The third kappa shape index (κ3) is 2.87. The molecule has 1 aromatic carbocycles. The molecule has 1 atom stereocenters. The lowest BCUT2D eigenvalue weighted by molar-refractivity contribution is 0.556. The number of nitrogens with zero attached hydrogens (tertiary/aromatic N) is 2.